The van der Waals surface area contributed by atoms with Crippen molar-refractivity contribution in [3.63, 3.8) is 0 Å². The first-order valence-electron chi connectivity index (χ1n) is 7.88. The molecule has 1 fully saturated rings. The van der Waals surface area contributed by atoms with Gasteiger partial charge in [0.1, 0.15) is 11.5 Å². The summed E-state index contributed by atoms with van der Waals surface area (Å²) >= 11 is 0. The van der Waals surface area contributed by atoms with E-state index in [9.17, 15) is 4.39 Å². The zero-order valence-electron chi connectivity index (χ0n) is 13.0. The van der Waals surface area contributed by atoms with E-state index in [0.717, 1.165) is 19.4 Å². The summed E-state index contributed by atoms with van der Waals surface area (Å²) in [5.74, 6) is 0.717. The molecule has 4 rings (SSSR count). The van der Waals surface area contributed by atoms with Crippen molar-refractivity contribution in [3.05, 3.63) is 60.1 Å². The molecular weight excluding hydrogens is 309 g/mol. The molecule has 0 N–H and O–H groups in total. The highest BCUT2D eigenvalue weighted by Crippen LogP contribution is 2.33. The van der Waals surface area contributed by atoms with Crippen molar-refractivity contribution in [3.8, 4) is 11.6 Å². The first-order chi connectivity index (χ1) is 11.8. The van der Waals surface area contributed by atoms with Gasteiger partial charge in [0.05, 0.1) is 12.2 Å². The summed E-state index contributed by atoms with van der Waals surface area (Å²) in [6.45, 7) is 1.40. The minimum Gasteiger partial charge on any atom is -0.417 e. The predicted molar refractivity (Wildman–Crippen MR) is 84.1 cm³/mol. The third kappa shape index (κ3) is 2.90. The van der Waals surface area contributed by atoms with E-state index in [1.165, 1.54) is 6.07 Å². The SMILES string of the molecule is Fc1ccccc1CN1CCC[C@H]1c1nnc(-c2cnccn2)o1. The molecule has 2 aromatic heterocycles. The predicted octanol–water partition coefficient (Wildman–Crippen LogP) is 3.00. The van der Waals surface area contributed by atoms with E-state index in [1.807, 2.05) is 12.1 Å². The molecule has 0 bridgehead atoms. The fourth-order valence-corrected chi connectivity index (χ4v) is 3.02. The van der Waals surface area contributed by atoms with E-state index < -0.39 is 0 Å². The number of benzene rings is 1. The molecule has 1 saturated heterocycles. The van der Waals surface area contributed by atoms with Gasteiger partial charge in [0.2, 0.25) is 5.89 Å². The lowest BCUT2D eigenvalue weighted by molar-refractivity contribution is 0.213. The van der Waals surface area contributed by atoms with Gasteiger partial charge >= 0.3 is 0 Å². The van der Waals surface area contributed by atoms with Crippen molar-refractivity contribution in [2.24, 2.45) is 0 Å². The number of rotatable bonds is 4. The minimum atomic E-state index is -0.186. The second-order valence-electron chi connectivity index (χ2n) is 5.76. The Labute approximate surface area is 138 Å². The van der Waals surface area contributed by atoms with Crippen molar-refractivity contribution in [1.29, 1.82) is 0 Å². The highest BCUT2D eigenvalue weighted by molar-refractivity contribution is 5.43. The lowest BCUT2D eigenvalue weighted by Gasteiger charge is -2.21. The molecule has 6 nitrogen and oxygen atoms in total. The quantitative estimate of drug-likeness (QED) is 0.734. The van der Waals surface area contributed by atoms with Crippen LogP contribution >= 0.6 is 0 Å². The maximum Gasteiger partial charge on any atom is 0.267 e. The number of nitrogens with zero attached hydrogens (tertiary/aromatic N) is 5. The highest BCUT2D eigenvalue weighted by atomic mass is 19.1. The van der Waals surface area contributed by atoms with Gasteiger partial charge in [-0.25, -0.2) is 9.37 Å². The van der Waals surface area contributed by atoms with Crippen LogP contribution in [-0.2, 0) is 6.54 Å². The third-order valence-corrected chi connectivity index (χ3v) is 4.20. The van der Waals surface area contributed by atoms with E-state index in [4.69, 9.17) is 4.42 Å². The molecule has 0 spiro atoms. The molecule has 0 saturated carbocycles. The van der Waals surface area contributed by atoms with Crippen LogP contribution in [-0.4, -0.2) is 31.6 Å². The summed E-state index contributed by atoms with van der Waals surface area (Å²) in [6, 6.07) is 6.85. The van der Waals surface area contributed by atoms with Gasteiger partial charge in [-0.05, 0) is 25.5 Å². The Bertz CT molecular complexity index is 823. The van der Waals surface area contributed by atoms with Crippen LogP contribution in [0.4, 0.5) is 4.39 Å². The molecule has 1 aliphatic heterocycles. The van der Waals surface area contributed by atoms with Gasteiger partial charge in [0, 0.05) is 24.5 Å². The van der Waals surface area contributed by atoms with Crippen molar-refractivity contribution in [1.82, 2.24) is 25.1 Å². The van der Waals surface area contributed by atoms with Crippen LogP contribution in [0.2, 0.25) is 0 Å². The largest absolute Gasteiger partial charge is 0.417 e. The average molecular weight is 325 g/mol. The summed E-state index contributed by atoms with van der Waals surface area (Å²) < 4.78 is 19.7. The van der Waals surface area contributed by atoms with E-state index in [2.05, 4.69) is 25.1 Å². The molecule has 122 valence electrons. The standard InChI is InChI=1S/C17H16FN5O/c18-13-5-2-1-4-12(13)11-23-9-3-6-15(23)17-22-21-16(24-17)14-10-19-7-8-20-14/h1-2,4-5,7-8,10,15H,3,6,9,11H2/t15-/m0/s1. The van der Waals surface area contributed by atoms with E-state index >= 15 is 0 Å². The number of hydrogen-bond donors (Lipinski definition) is 0. The summed E-state index contributed by atoms with van der Waals surface area (Å²) in [4.78, 5) is 10.3. The number of aromatic nitrogens is 4. The molecule has 24 heavy (non-hydrogen) atoms. The number of halogens is 1. The van der Waals surface area contributed by atoms with Gasteiger partial charge < -0.3 is 4.42 Å². The second-order valence-corrected chi connectivity index (χ2v) is 5.76. The summed E-state index contributed by atoms with van der Waals surface area (Å²) in [5.41, 5.74) is 1.23. The molecule has 0 amide bonds. The third-order valence-electron chi connectivity index (χ3n) is 4.20. The van der Waals surface area contributed by atoms with Crippen LogP contribution in [0.1, 0.15) is 30.3 Å². The molecule has 1 atom stereocenters. The van der Waals surface area contributed by atoms with Gasteiger partial charge in [0.15, 0.2) is 0 Å². The van der Waals surface area contributed by atoms with Gasteiger partial charge in [-0.15, -0.1) is 10.2 Å². The Kier molecular flexibility index (Phi) is 4.00. The van der Waals surface area contributed by atoms with Crippen LogP contribution in [0.5, 0.6) is 0 Å². The fraction of sp³-hybridized carbons (Fsp3) is 0.294. The van der Waals surface area contributed by atoms with E-state index in [0.29, 0.717) is 29.6 Å². The summed E-state index contributed by atoms with van der Waals surface area (Å²) in [7, 11) is 0. The van der Waals surface area contributed by atoms with Crippen LogP contribution in [0.25, 0.3) is 11.6 Å². The Morgan fingerprint density at radius 3 is 2.96 bits per heavy atom. The molecule has 1 aliphatic rings. The second kappa shape index (κ2) is 6.45. The zero-order valence-corrected chi connectivity index (χ0v) is 13.0. The van der Waals surface area contributed by atoms with Crippen LogP contribution in [0, 0.1) is 5.82 Å². The topological polar surface area (TPSA) is 67.9 Å². The van der Waals surface area contributed by atoms with Crippen molar-refractivity contribution in [2.75, 3.05) is 6.54 Å². The molecular formula is C17H16FN5O. The molecule has 0 radical (unpaired) electrons. The molecule has 3 heterocycles. The van der Waals surface area contributed by atoms with Gasteiger partial charge in [-0.3, -0.25) is 9.88 Å². The maximum atomic E-state index is 13.9. The number of likely N-dealkylation sites (tertiary alicyclic amines) is 1. The molecule has 0 unspecified atom stereocenters. The highest BCUT2D eigenvalue weighted by Gasteiger charge is 2.31. The van der Waals surface area contributed by atoms with Crippen LogP contribution < -0.4 is 0 Å². The van der Waals surface area contributed by atoms with Crippen LogP contribution in [0.15, 0.2) is 47.3 Å². The normalized spacial score (nSPS) is 18.1. The molecule has 7 heteroatoms. The Balaban J connectivity index is 1.55. The Hall–Kier alpha value is -2.67. The monoisotopic (exact) mass is 325 g/mol. The summed E-state index contributed by atoms with van der Waals surface area (Å²) in [5, 5.41) is 8.24. The van der Waals surface area contributed by atoms with E-state index in [-0.39, 0.29) is 11.9 Å². The smallest absolute Gasteiger partial charge is 0.267 e. The van der Waals surface area contributed by atoms with Crippen molar-refractivity contribution < 1.29 is 8.81 Å². The fourth-order valence-electron chi connectivity index (χ4n) is 3.02. The average Bonchev–Trinajstić information content (AvgIpc) is 3.27. The van der Waals surface area contributed by atoms with Gasteiger partial charge in [-0.1, -0.05) is 18.2 Å². The Morgan fingerprint density at radius 2 is 2.12 bits per heavy atom. The molecule has 0 aliphatic carbocycles. The lowest BCUT2D eigenvalue weighted by Crippen LogP contribution is -2.23. The zero-order chi connectivity index (χ0) is 16.4. The molecule has 3 aromatic rings. The van der Waals surface area contributed by atoms with Crippen molar-refractivity contribution >= 4 is 0 Å². The number of hydrogen-bond acceptors (Lipinski definition) is 6. The van der Waals surface area contributed by atoms with Gasteiger partial charge in [0.25, 0.3) is 5.89 Å². The summed E-state index contributed by atoms with van der Waals surface area (Å²) in [6.07, 6.45) is 6.69. The van der Waals surface area contributed by atoms with Crippen molar-refractivity contribution in [2.45, 2.75) is 25.4 Å². The first kappa shape index (κ1) is 14.9. The first-order valence-corrected chi connectivity index (χ1v) is 7.88. The van der Waals surface area contributed by atoms with Crippen LogP contribution in [0.3, 0.4) is 0 Å². The van der Waals surface area contributed by atoms with Gasteiger partial charge in [-0.2, -0.15) is 0 Å². The Morgan fingerprint density at radius 1 is 1.21 bits per heavy atom. The maximum absolute atomic E-state index is 13.9. The lowest BCUT2D eigenvalue weighted by atomic mass is 10.1. The minimum absolute atomic E-state index is 0.00234. The van der Waals surface area contributed by atoms with E-state index in [1.54, 1.807) is 24.7 Å². The molecule has 1 aromatic carbocycles.